The van der Waals surface area contributed by atoms with Gasteiger partial charge < -0.3 is 15.4 Å². The summed E-state index contributed by atoms with van der Waals surface area (Å²) in [6, 6.07) is 5.73. The van der Waals surface area contributed by atoms with Gasteiger partial charge in [-0.05, 0) is 54.7 Å². The molecule has 1 unspecified atom stereocenters. The third kappa shape index (κ3) is 2.27. The number of nitrogens with zero attached hydrogens (tertiary/aromatic N) is 2. The topological polar surface area (TPSA) is 59.2 Å². The van der Waals surface area contributed by atoms with Crippen molar-refractivity contribution in [3.63, 3.8) is 0 Å². The summed E-state index contributed by atoms with van der Waals surface area (Å²) in [4.78, 5) is 18.0. The lowest BCUT2D eigenvalue weighted by Gasteiger charge is -2.37. The van der Waals surface area contributed by atoms with Crippen LogP contribution in [0.15, 0.2) is 30.6 Å². The van der Waals surface area contributed by atoms with Gasteiger partial charge in [-0.2, -0.15) is 0 Å². The minimum atomic E-state index is -0.292. The van der Waals surface area contributed by atoms with Crippen molar-refractivity contribution in [1.82, 2.24) is 4.98 Å². The summed E-state index contributed by atoms with van der Waals surface area (Å²) in [5.41, 5.74) is 12.2. The van der Waals surface area contributed by atoms with E-state index >= 15 is 0 Å². The molecular weight excluding hydrogens is 262 g/mol. The fourth-order valence-corrected chi connectivity index (χ4v) is 3.02. The second-order valence-electron chi connectivity index (χ2n) is 5.59. The van der Waals surface area contributed by atoms with Crippen LogP contribution in [0, 0.1) is 13.8 Å². The van der Waals surface area contributed by atoms with Crippen LogP contribution in [0.25, 0.3) is 0 Å². The van der Waals surface area contributed by atoms with Gasteiger partial charge in [-0.3, -0.25) is 4.98 Å². The number of aromatic nitrogens is 1. The highest BCUT2D eigenvalue weighted by Crippen LogP contribution is 2.35. The van der Waals surface area contributed by atoms with Gasteiger partial charge in [0.15, 0.2) is 0 Å². The van der Waals surface area contributed by atoms with Crippen molar-refractivity contribution in [1.29, 1.82) is 0 Å². The highest BCUT2D eigenvalue weighted by molar-refractivity contribution is 5.73. The Balaban J connectivity index is 2.09. The van der Waals surface area contributed by atoms with Crippen LogP contribution in [0.1, 0.15) is 28.3 Å². The minimum absolute atomic E-state index is 0.292. The van der Waals surface area contributed by atoms with Crippen molar-refractivity contribution >= 4 is 17.7 Å². The largest absolute Gasteiger partial charge is 0.399 e. The number of rotatable bonds is 2. The van der Waals surface area contributed by atoms with E-state index in [1.807, 2.05) is 32.2 Å². The van der Waals surface area contributed by atoms with E-state index in [9.17, 15) is 4.79 Å². The second-order valence-corrected chi connectivity index (χ2v) is 5.59. The fraction of sp³-hybridized carbons (Fsp3) is 0.294. The third-order valence-electron chi connectivity index (χ3n) is 4.25. The standard InChI is InChI=1S/C17H19N3O/c1-11-3-5-19-9-16(11)20-6-4-13-7-12(2)15(18)8-14(13)17(20)10-21/h3,5,7-10,17H,4,6,18H2,1-2H3. The number of nitrogens with two attached hydrogens (primary N) is 1. The first kappa shape index (κ1) is 13.6. The van der Waals surface area contributed by atoms with E-state index in [4.69, 9.17) is 5.73 Å². The molecule has 2 aromatic rings. The minimum Gasteiger partial charge on any atom is -0.399 e. The van der Waals surface area contributed by atoms with Crippen molar-refractivity contribution < 1.29 is 4.79 Å². The number of hydrogen-bond acceptors (Lipinski definition) is 4. The number of fused-ring (bicyclic) bond motifs is 1. The third-order valence-corrected chi connectivity index (χ3v) is 4.25. The fourth-order valence-electron chi connectivity index (χ4n) is 3.02. The van der Waals surface area contributed by atoms with Crippen molar-refractivity contribution in [2.75, 3.05) is 17.2 Å². The highest BCUT2D eigenvalue weighted by atomic mass is 16.1. The number of aryl methyl sites for hydroxylation is 2. The Morgan fingerprint density at radius 3 is 2.86 bits per heavy atom. The molecule has 3 rings (SSSR count). The van der Waals surface area contributed by atoms with Gasteiger partial charge in [0, 0.05) is 18.4 Å². The smallest absolute Gasteiger partial charge is 0.147 e. The zero-order valence-electron chi connectivity index (χ0n) is 12.3. The number of anilines is 2. The number of aldehydes is 1. The van der Waals surface area contributed by atoms with Crippen LogP contribution in [0.2, 0.25) is 0 Å². The van der Waals surface area contributed by atoms with Crippen molar-refractivity contribution in [3.8, 4) is 0 Å². The zero-order valence-corrected chi connectivity index (χ0v) is 12.3. The van der Waals surface area contributed by atoms with E-state index in [1.54, 1.807) is 6.20 Å². The van der Waals surface area contributed by atoms with E-state index < -0.39 is 0 Å². The summed E-state index contributed by atoms with van der Waals surface area (Å²) in [7, 11) is 0. The molecule has 0 saturated carbocycles. The first-order valence-electron chi connectivity index (χ1n) is 7.13. The van der Waals surface area contributed by atoms with E-state index in [0.29, 0.717) is 0 Å². The van der Waals surface area contributed by atoms with Crippen LogP contribution in [0.4, 0.5) is 11.4 Å². The molecule has 0 aliphatic carbocycles. The van der Waals surface area contributed by atoms with Crippen molar-refractivity contribution in [2.45, 2.75) is 26.3 Å². The van der Waals surface area contributed by atoms with Crippen LogP contribution >= 0.6 is 0 Å². The summed E-state index contributed by atoms with van der Waals surface area (Å²) >= 11 is 0. The highest BCUT2D eigenvalue weighted by Gasteiger charge is 2.28. The average molecular weight is 281 g/mol. The van der Waals surface area contributed by atoms with E-state index in [2.05, 4.69) is 16.0 Å². The molecule has 0 amide bonds. The maximum Gasteiger partial charge on any atom is 0.147 e. The molecule has 0 fully saturated rings. The summed E-state index contributed by atoms with van der Waals surface area (Å²) in [5, 5.41) is 0. The Bertz CT molecular complexity index is 696. The van der Waals surface area contributed by atoms with E-state index in [0.717, 1.165) is 47.3 Å². The Kier molecular flexibility index (Phi) is 3.37. The first-order valence-corrected chi connectivity index (χ1v) is 7.13. The zero-order chi connectivity index (χ0) is 15.0. The van der Waals surface area contributed by atoms with Crippen molar-refractivity contribution in [3.05, 3.63) is 52.8 Å². The van der Waals surface area contributed by atoms with E-state index in [1.165, 1.54) is 5.56 Å². The SMILES string of the molecule is Cc1cc2c(cc1N)C(C=O)N(c1cnccc1C)CC2. The second kappa shape index (κ2) is 5.20. The molecule has 21 heavy (non-hydrogen) atoms. The number of hydrogen-bond donors (Lipinski definition) is 1. The molecule has 2 heterocycles. The van der Waals surface area contributed by atoms with Crippen LogP contribution in [-0.4, -0.2) is 17.8 Å². The normalized spacial score (nSPS) is 17.4. The number of carbonyl (C=O) groups excluding carboxylic acids is 1. The molecule has 1 aromatic carbocycles. The number of benzene rings is 1. The maximum atomic E-state index is 11.7. The van der Waals surface area contributed by atoms with Crippen LogP contribution in [0.3, 0.4) is 0 Å². The average Bonchev–Trinajstić information content (AvgIpc) is 2.48. The Morgan fingerprint density at radius 2 is 2.14 bits per heavy atom. The maximum absolute atomic E-state index is 11.7. The molecule has 1 atom stereocenters. The van der Waals surface area contributed by atoms with Gasteiger partial charge in [0.25, 0.3) is 0 Å². The van der Waals surface area contributed by atoms with Crippen LogP contribution < -0.4 is 10.6 Å². The molecule has 0 spiro atoms. The lowest BCUT2D eigenvalue weighted by atomic mass is 9.90. The van der Waals surface area contributed by atoms with Gasteiger partial charge in [-0.25, -0.2) is 0 Å². The molecule has 0 radical (unpaired) electrons. The van der Waals surface area contributed by atoms with Crippen LogP contribution in [0.5, 0.6) is 0 Å². The van der Waals surface area contributed by atoms with Gasteiger partial charge in [0.05, 0.1) is 11.9 Å². The Morgan fingerprint density at radius 1 is 1.33 bits per heavy atom. The summed E-state index contributed by atoms with van der Waals surface area (Å²) < 4.78 is 0. The summed E-state index contributed by atoms with van der Waals surface area (Å²) in [6.45, 7) is 4.85. The quantitative estimate of drug-likeness (QED) is 0.679. The summed E-state index contributed by atoms with van der Waals surface area (Å²) in [5.74, 6) is 0. The lowest BCUT2D eigenvalue weighted by Crippen LogP contribution is -2.37. The Hall–Kier alpha value is -2.36. The molecule has 1 aliphatic rings. The number of carbonyl (C=O) groups is 1. The van der Waals surface area contributed by atoms with Gasteiger partial charge >= 0.3 is 0 Å². The molecule has 1 aliphatic heterocycles. The van der Waals surface area contributed by atoms with Gasteiger partial charge in [-0.1, -0.05) is 6.07 Å². The summed E-state index contributed by atoms with van der Waals surface area (Å²) in [6.07, 6.45) is 5.51. The number of pyridine rings is 1. The van der Waals surface area contributed by atoms with E-state index in [-0.39, 0.29) is 6.04 Å². The van der Waals surface area contributed by atoms with Gasteiger partial charge in [-0.15, -0.1) is 0 Å². The molecule has 1 aromatic heterocycles. The molecule has 108 valence electrons. The molecule has 2 N–H and O–H groups in total. The van der Waals surface area contributed by atoms with Gasteiger partial charge in [0.2, 0.25) is 0 Å². The lowest BCUT2D eigenvalue weighted by molar-refractivity contribution is -0.109. The van der Waals surface area contributed by atoms with Gasteiger partial charge in [0.1, 0.15) is 12.3 Å². The molecule has 0 saturated heterocycles. The molecule has 4 heteroatoms. The Labute approximate surface area is 124 Å². The predicted octanol–water partition coefficient (Wildman–Crippen LogP) is 2.58. The molecular formula is C17H19N3O. The molecule has 0 bridgehead atoms. The monoisotopic (exact) mass is 281 g/mol. The first-order chi connectivity index (χ1) is 10.1. The molecule has 4 nitrogen and oxygen atoms in total. The van der Waals surface area contributed by atoms with Crippen molar-refractivity contribution in [2.24, 2.45) is 0 Å². The number of nitrogen functional groups attached to an aromatic ring is 1. The predicted molar refractivity (Wildman–Crippen MR) is 84.4 cm³/mol. The van der Waals surface area contributed by atoms with Crippen LogP contribution in [-0.2, 0) is 11.2 Å².